The van der Waals surface area contributed by atoms with Gasteiger partial charge in [0.2, 0.25) is 0 Å². The number of ketones is 1. The first-order valence-electron chi connectivity index (χ1n) is 7.59. The van der Waals surface area contributed by atoms with Crippen molar-refractivity contribution < 1.29 is 4.79 Å². The Morgan fingerprint density at radius 2 is 2.00 bits per heavy atom. The van der Waals surface area contributed by atoms with E-state index in [2.05, 4.69) is 5.10 Å². The Bertz CT molecular complexity index is 654. The molecule has 1 aromatic carbocycles. The molecule has 0 unspecified atom stereocenters. The van der Waals surface area contributed by atoms with Crippen LogP contribution in [0.4, 0.5) is 5.69 Å². The van der Waals surface area contributed by atoms with E-state index in [1.54, 1.807) is 4.68 Å². The van der Waals surface area contributed by atoms with Crippen LogP contribution in [0.2, 0.25) is 0 Å². The number of nitrogens with zero attached hydrogens (tertiary/aromatic N) is 2. The van der Waals surface area contributed by atoms with Gasteiger partial charge in [0.25, 0.3) is 0 Å². The van der Waals surface area contributed by atoms with Crippen molar-refractivity contribution in [1.29, 1.82) is 0 Å². The predicted molar refractivity (Wildman–Crippen MR) is 84.0 cm³/mol. The Kier molecular flexibility index (Phi) is 3.78. The second-order valence-corrected chi connectivity index (χ2v) is 5.88. The third-order valence-electron chi connectivity index (χ3n) is 4.30. The number of hydrogen-bond donors (Lipinski definition) is 1. The summed E-state index contributed by atoms with van der Waals surface area (Å²) < 4.78 is 1.74. The highest BCUT2D eigenvalue weighted by Crippen LogP contribution is 2.30. The largest absolute Gasteiger partial charge is 0.398 e. The first kappa shape index (κ1) is 13.9. The number of Topliss-reactive ketones (excluding diaryl/α,β-unsaturated/α-hetero) is 1. The number of carbonyl (C=O) groups excluding carboxylic acids is 1. The number of carbonyl (C=O) groups is 1. The molecule has 0 aliphatic heterocycles. The van der Waals surface area contributed by atoms with Crippen molar-refractivity contribution in [2.75, 3.05) is 5.73 Å². The van der Waals surface area contributed by atoms with Gasteiger partial charge >= 0.3 is 0 Å². The molecule has 0 bridgehead atoms. The van der Waals surface area contributed by atoms with E-state index in [-0.39, 0.29) is 11.7 Å². The molecule has 0 atom stereocenters. The number of nitrogen functional groups attached to an aromatic ring is 1. The Balaban J connectivity index is 1.91. The van der Waals surface area contributed by atoms with Crippen LogP contribution in [0.3, 0.4) is 0 Å². The van der Waals surface area contributed by atoms with Gasteiger partial charge in [0.15, 0.2) is 5.78 Å². The molecule has 4 heteroatoms. The summed E-state index contributed by atoms with van der Waals surface area (Å²) in [4.78, 5) is 12.6. The second-order valence-electron chi connectivity index (χ2n) is 5.88. The average Bonchev–Trinajstić information content (AvgIpc) is 2.94. The average molecular weight is 283 g/mol. The van der Waals surface area contributed by atoms with Crippen molar-refractivity contribution in [1.82, 2.24) is 9.78 Å². The van der Waals surface area contributed by atoms with Crippen LogP contribution in [0.15, 0.2) is 30.5 Å². The van der Waals surface area contributed by atoms with Crippen LogP contribution in [-0.4, -0.2) is 15.6 Å². The van der Waals surface area contributed by atoms with Crippen LogP contribution in [0.25, 0.3) is 11.3 Å². The van der Waals surface area contributed by atoms with Gasteiger partial charge in [0, 0.05) is 36.0 Å². The lowest BCUT2D eigenvalue weighted by atomic mass is 9.83. The van der Waals surface area contributed by atoms with Gasteiger partial charge < -0.3 is 5.73 Å². The fraction of sp³-hybridized carbons (Fsp3) is 0.412. The molecular weight excluding hydrogens is 262 g/mol. The topological polar surface area (TPSA) is 60.9 Å². The predicted octanol–water partition coefficient (Wildman–Crippen LogP) is 3.43. The zero-order chi connectivity index (χ0) is 14.8. The minimum absolute atomic E-state index is 0.180. The summed E-state index contributed by atoms with van der Waals surface area (Å²) in [6.07, 6.45) is 7.50. The maximum atomic E-state index is 12.6. The highest BCUT2D eigenvalue weighted by atomic mass is 16.1. The number of hydrogen-bond acceptors (Lipinski definition) is 3. The summed E-state index contributed by atoms with van der Waals surface area (Å²) in [5, 5.41) is 4.38. The fourth-order valence-corrected chi connectivity index (χ4v) is 3.09. The standard InChI is InChI=1S/C17H21N3O/c1-20-10-9-16(19-20)14-11-13(7-8-15(14)18)17(21)12-5-3-2-4-6-12/h7-12H,2-6,18H2,1H3. The minimum atomic E-state index is 0.180. The molecule has 21 heavy (non-hydrogen) atoms. The smallest absolute Gasteiger partial charge is 0.165 e. The third-order valence-corrected chi connectivity index (χ3v) is 4.30. The minimum Gasteiger partial charge on any atom is -0.398 e. The number of nitrogens with two attached hydrogens (primary N) is 1. The zero-order valence-corrected chi connectivity index (χ0v) is 12.4. The molecule has 0 spiro atoms. The van der Waals surface area contributed by atoms with Gasteiger partial charge in [-0.15, -0.1) is 0 Å². The van der Waals surface area contributed by atoms with Crippen molar-refractivity contribution in [3.8, 4) is 11.3 Å². The molecule has 0 amide bonds. The van der Waals surface area contributed by atoms with Gasteiger partial charge in [-0.25, -0.2) is 0 Å². The highest BCUT2D eigenvalue weighted by Gasteiger charge is 2.23. The Morgan fingerprint density at radius 1 is 1.24 bits per heavy atom. The van der Waals surface area contributed by atoms with Gasteiger partial charge in [-0.2, -0.15) is 5.10 Å². The quantitative estimate of drug-likeness (QED) is 0.693. The van der Waals surface area contributed by atoms with Crippen molar-refractivity contribution in [2.45, 2.75) is 32.1 Å². The SMILES string of the molecule is Cn1ccc(-c2cc(C(=O)C3CCCCC3)ccc2N)n1. The van der Waals surface area contributed by atoms with Crippen molar-refractivity contribution in [2.24, 2.45) is 13.0 Å². The molecule has 0 radical (unpaired) electrons. The number of anilines is 1. The lowest BCUT2D eigenvalue weighted by Gasteiger charge is -2.20. The summed E-state index contributed by atoms with van der Waals surface area (Å²) in [5.74, 6) is 0.436. The molecule has 1 fully saturated rings. The summed E-state index contributed by atoms with van der Waals surface area (Å²) in [6.45, 7) is 0. The third kappa shape index (κ3) is 2.84. The van der Waals surface area contributed by atoms with Gasteiger partial charge in [-0.3, -0.25) is 9.48 Å². The normalized spacial score (nSPS) is 16.0. The first-order chi connectivity index (χ1) is 10.1. The van der Waals surface area contributed by atoms with Crippen LogP contribution < -0.4 is 5.73 Å². The Hall–Kier alpha value is -2.10. The molecular formula is C17H21N3O. The molecule has 3 rings (SSSR count). The van der Waals surface area contributed by atoms with Crippen LogP contribution in [0, 0.1) is 5.92 Å². The zero-order valence-electron chi connectivity index (χ0n) is 12.4. The van der Waals surface area contributed by atoms with Crippen molar-refractivity contribution >= 4 is 11.5 Å². The summed E-state index contributed by atoms with van der Waals surface area (Å²) in [6, 6.07) is 7.48. The summed E-state index contributed by atoms with van der Waals surface area (Å²) in [7, 11) is 1.87. The number of benzene rings is 1. The van der Waals surface area contributed by atoms with E-state index in [1.807, 2.05) is 37.5 Å². The lowest BCUT2D eigenvalue weighted by Crippen LogP contribution is -2.18. The molecule has 1 aliphatic carbocycles. The van der Waals surface area contributed by atoms with Gasteiger partial charge in [0.1, 0.15) is 0 Å². The molecule has 1 aromatic heterocycles. The van der Waals surface area contributed by atoms with E-state index < -0.39 is 0 Å². The maximum Gasteiger partial charge on any atom is 0.165 e. The second kappa shape index (κ2) is 5.72. The van der Waals surface area contributed by atoms with E-state index in [0.717, 1.165) is 29.7 Å². The van der Waals surface area contributed by atoms with Crippen LogP contribution in [-0.2, 0) is 7.05 Å². The van der Waals surface area contributed by atoms with E-state index in [0.29, 0.717) is 5.69 Å². The van der Waals surface area contributed by atoms with E-state index in [1.165, 1.54) is 19.3 Å². The van der Waals surface area contributed by atoms with Gasteiger partial charge in [0.05, 0.1) is 5.69 Å². The molecule has 4 nitrogen and oxygen atoms in total. The monoisotopic (exact) mass is 283 g/mol. The number of rotatable bonds is 3. The summed E-state index contributed by atoms with van der Waals surface area (Å²) in [5.41, 5.74) is 9.13. The molecule has 1 heterocycles. The van der Waals surface area contributed by atoms with Crippen LogP contribution in [0.5, 0.6) is 0 Å². The van der Waals surface area contributed by atoms with Crippen LogP contribution >= 0.6 is 0 Å². The molecule has 2 N–H and O–H groups in total. The number of aromatic nitrogens is 2. The molecule has 1 saturated carbocycles. The van der Waals surface area contributed by atoms with Gasteiger partial charge in [-0.05, 0) is 37.1 Å². The van der Waals surface area contributed by atoms with Crippen molar-refractivity contribution in [3.63, 3.8) is 0 Å². The molecule has 1 aliphatic rings. The van der Waals surface area contributed by atoms with Crippen molar-refractivity contribution in [3.05, 3.63) is 36.0 Å². The lowest BCUT2D eigenvalue weighted by molar-refractivity contribution is 0.0889. The fourth-order valence-electron chi connectivity index (χ4n) is 3.09. The van der Waals surface area contributed by atoms with Gasteiger partial charge in [-0.1, -0.05) is 19.3 Å². The van der Waals surface area contributed by atoms with E-state index in [4.69, 9.17) is 5.73 Å². The first-order valence-corrected chi connectivity index (χ1v) is 7.59. The maximum absolute atomic E-state index is 12.6. The molecule has 110 valence electrons. The van der Waals surface area contributed by atoms with E-state index >= 15 is 0 Å². The Morgan fingerprint density at radius 3 is 2.67 bits per heavy atom. The Labute approximate surface area is 125 Å². The van der Waals surface area contributed by atoms with E-state index in [9.17, 15) is 4.79 Å². The molecule has 0 saturated heterocycles. The number of aryl methyl sites for hydroxylation is 1. The highest BCUT2D eigenvalue weighted by molar-refractivity contribution is 5.99. The summed E-state index contributed by atoms with van der Waals surface area (Å²) >= 11 is 0. The molecule has 2 aromatic rings. The van der Waals surface area contributed by atoms with Crippen LogP contribution in [0.1, 0.15) is 42.5 Å².